The monoisotopic (exact) mass is 456 g/mol. The molecule has 0 radical (unpaired) electrons. The summed E-state index contributed by atoms with van der Waals surface area (Å²) >= 11 is 0. The Bertz CT molecular complexity index is 943. The van der Waals surface area contributed by atoms with Crippen LogP contribution in [0.15, 0.2) is 66.1 Å². The first-order valence-electron chi connectivity index (χ1n) is 9.74. The molecule has 5 nitrogen and oxygen atoms in total. The maximum atomic E-state index is 12.7. The molecular weight excluding hydrogens is 429 g/mol. The third kappa shape index (κ3) is 7.00. The van der Waals surface area contributed by atoms with E-state index >= 15 is 0 Å². The van der Waals surface area contributed by atoms with Crippen LogP contribution in [0.25, 0.3) is 0 Å². The highest BCUT2D eigenvalue weighted by atomic mass is 32.2. The van der Waals surface area contributed by atoms with Gasteiger partial charge in [-0.15, -0.1) is 6.58 Å². The fourth-order valence-corrected chi connectivity index (χ4v) is 4.05. The number of alkyl halides is 3. The number of anilines is 1. The van der Waals surface area contributed by atoms with E-state index in [1.807, 2.05) is 13.1 Å². The van der Waals surface area contributed by atoms with Gasteiger partial charge in [-0.1, -0.05) is 6.08 Å². The van der Waals surface area contributed by atoms with Crippen molar-refractivity contribution in [1.82, 2.24) is 4.90 Å². The van der Waals surface area contributed by atoms with Gasteiger partial charge in [0, 0.05) is 13.6 Å². The summed E-state index contributed by atoms with van der Waals surface area (Å²) < 4.78 is 70.3. The van der Waals surface area contributed by atoms with Crippen LogP contribution in [0.5, 0.6) is 5.75 Å². The summed E-state index contributed by atoms with van der Waals surface area (Å²) in [5, 5.41) is 0. The third-order valence-electron chi connectivity index (χ3n) is 4.68. The predicted molar refractivity (Wildman–Crippen MR) is 116 cm³/mol. The van der Waals surface area contributed by atoms with Gasteiger partial charge >= 0.3 is 6.18 Å². The molecule has 170 valence electrons. The number of nitrogens with zero attached hydrogens (tertiary/aromatic N) is 2. The highest BCUT2D eigenvalue weighted by Gasteiger charge is 2.31. The van der Waals surface area contributed by atoms with E-state index in [9.17, 15) is 21.6 Å². The van der Waals surface area contributed by atoms with E-state index in [0.717, 1.165) is 54.5 Å². The summed E-state index contributed by atoms with van der Waals surface area (Å²) in [7, 11) is -0.617. The normalized spacial score (nSPS) is 12.1. The lowest BCUT2D eigenvalue weighted by molar-refractivity contribution is -0.137. The summed E-state index contributed by atoms with van der Waals surface area (Å²) in [6, 6.07) is 9.94. The van der Waals surface area contributed by atoms with Crippen LogP contribution in [-0.4, -0.2) is 47.1 Å². The van der Waals surface area contributed by atoms with Crippen molar-refractivity contribution in [3.63, 3.8) is 0 Å². The molecule has 2 rings (SSSR count). The molecule has 0 saturated carbocycles. The first-order valence-corrected chi connectivity index (χ1v) is 11.2. The van der Waals surface area contributed by atoms with Gasteiger partial charge in [-0.2, -0.15) is 13.2 Å². The fourth-order valence-electron chi connectivity index (χ4n) is 2.85. The Labute approximate surface area is 181 Å². The molecule has 0 fully saturated rings. The molecular formula is C22H27F3N2O3S. The molecule has 0 spiro atoms. The van der Waals surface area contributed by atoms with Gasteiger partial charge in [0.15, 0.2) is 0 Å². The topological polar surface area (TPSA) is 49.9 Å². The van der Waals surface area contributed by atoms with Gasteiger partial charge in [-0.3, -0.25) is 4.31 Å². The van der Waals surface area contributed by atoms with Crippen molar-refractivity contribution in [3.8, 4) is 5.75 Å². The number of sulfonamides is 1. The molecule has 2 aromatic rings. The van der Waals surface area contributed by atoms with Crippen molar-refractivity contribution >= 4 is 15.7 Å². The van der Waals surface area contributed by atoms with Crippen LogP contribution < -0.4 is 9.04 Å². The number of ether oxygens (including phenoxy) is 1. The summed E-state index contributed by atoms with van der Waals surface area (Å²) in [5.41, 5.74) is -0.527. The zero-order chi connectivity index (χ0) is 23.1. The second-order valence-electron chi connectivity index (χ2n) is 7.10. The first kappa shape index (κ1) is 24.7. The summed E-state index contributed by atoms with van der Waals surface area (Å²) in [6.07, 6.45) is -0.805. The van der Waals surface area contributed by atoms with Crippen LogP contribution in [0.4, 0.5) is 18.9 Å². The van der Waals surface area contributed by atoms with E-state index in [-0.39, 0.29) is 4.90 Å². The molecule has 0 atom stereocenters. The minimum Gasteiger partial charge on any atom is -0.494 e. The van der Waals surface area contributed by atoms with Gasteiger partial charge in [0.2, 0.25) is 0 Å². The van der Waals surface area contributed by atoms with Crippen molar-refractivity contribution < 1.29 is 26.3 Å². The largest absolute Gasteiger partial charge is 0.494 e. The summed E-state index contributed by atoms with van der Waals surface area (Å²) in [5.74, 6) is 0.614. The van der Waals surface area contributed by atoms with Crippen LogP contribution in [0.1, 0.15) is 18.4 Å². The van der Waals surface area contributed by atoms with Gasteiger partial charge < -0.3 is 9.64 Å². The van der Waals surface area contributed by atoms with E-state index in [1.54, 1.807) is 24.3 Å². The lowest BCUT2D eigenvalue weighted by Crippen LogP contribution is -2.26. The standard InChI is InChI=1S/C22H27F3N2O3S/c1-4-15-26(2)16-5-6-17-30-20-11-9-19(10-12-20)27(3)31(28,29)21-13-7-18(8-14-21)22(23,24)25/h4,7-14H,1,5-6,15-17H2,2-3H3. The Morgan fingerprint density at radius 2 is 1.61 bits per heavy atom. The highest BCUT2D eigenvalue weighted by Crippen LogP contribution is 2.31. The predicted octanol–water partition coefficient (Wildman–Crippen LogP) is 4.81. The van der Waals surface area contributed by atoms with Crippen molar-refractivity contribution in [2.75, 3.05) is 38.1 Å². The SMILES string of the molecule is C=CCN(C)CCCCOc1ccc(N(C)S(=O)(=O)c2ccc(C(F)(F)F)cc2)cc1. The number of hydrogen-bond donors (Lipinski definition) is 0. The minimum absolute atomic E-state index is 0.218. The van der Waals surface area contributed by atoms with E-state index in [4.69, 9.17) is 4.74 Å². The van der Waals surface area contributed by atoms with Crippen LogP contribution in [0, 0.1) is 0 Å². The molecule has 0 saturated heterocycles. The Morgan fingerprint density at radius 1 is 1.00 bits per heavy atom. The van der Waals surface area contributed by atoms with E-state index < -0.39 is 21.8 Å². The Balaban J connectivity index is 1.94. The average molecular weight is 457 g/mol. The molecule has 0 aromatic heterocycles. The zero-order valence-electron chi connectivity index (χ0n) is 17.6. The van der Waals surface area contributed by atoms with Gasteiger partial charge in [-0.25, -0.2) is 8.42 Å². The quantitative estimate of drug-likeness (QED) is 0.360. The molecule has 0 bridgehead atoms. The second kappa shape index (κ2) is 10.7. The number of hydrogen-bond acceptors (Lipinski definition) is 4. The Hall–Kier alpha value is -2.52. The molecule has 0 amide bonds. The first-order chi connectivity index (χ1) is 14.6. The number of rotatable bonds is 11. The average Bonchev–Trinajstić information content (AvgIpc) is 2.73. The maximum absolute atomic E-state index is 12.7. The molecule has 0 aliphatic rings. The highest BCUT2D eigenvalue weighted by molar-refractivity contribution is 7.92. The molecule has 0 N–H and O–H groups in total. The number of unbranched alkanes of at least 4 members (excludes halogenated alkanes) is 1. The number of halogens is 3. The fraction of sp³-hybridized carbons (Fsp3) is 0.364. The molecule has 9 heteroatoms. The summed E-state index contributed by atoms with van der Waals surface area (Å²) in [4.78, 5) is 1.94. The van der Waals surface area contributed by atoms with Crippen LogP contribution in [0.2, 0.25) is 0 Å². The zero-order valence-corrected chi connectivity index (χ0v) is 18.4. The van der Waals surface area contributed by atoms with Crippen molar-refractivity contribution in [1.29, 1.82) is 0 Å². The summed E-state index contributed by atoms with van der Waals surface area (Å²) in [6.45, 7) is 6.03. The van der Waals surface area contributed by atoms with Crippen molar-refractivity contribution in [2.24, 2.45) is 0 Å². The van der Waals surface area contributed by atoms with E-state index in [2.05, 4.69) is 11.5 Å². The number of benzene rings is 2. The van der Waals surface area contributed by atoms with Crippen LogP contribution in [0.3, 0.4) is 0 Å². The third-order valence-corrected chi connectivity index (χ3v) is 6.48. The Kier molecular flexibility index (Phi) is 8.52. The van der Waals surface area contributed by atoms with E-state index in [1.165, 1.54) is 7.05 Å². The molecule has 0 heterocycles. The second-order valence-corrected chi connectivity index (χ2v) is 9.06. The van der Waals surface area contributed by atoms with Gasteiger partial charge in [0.25, 0.3) is 10.0 Å². The molecule has 0 aliphatic carbocycles. The van der Waals surface area contributed by atoms with Gasteiger partial charge in [0.1, 0.15) is 5.75 Å². The van der Waals surface area contributed by atoms with Gasteiger partial charge in [-0.05, 0) is 75.0 Å². The van der Waals surface area contributed by atoms with E-state index in [0.29, 0.717) is 18.0 Å². The molecule has 31 heavy (non-hydrogen) atoms. The van der Waals surface area contributed by atoms with Gasteiger partial charge in [0.05, 0.1) is 22.8 Å². The smallest absolute Gasteiger partial charge is 0.416 e. The number of likely N-dealkylation sites (N-methyl/N-ethyl adjacent to an activating group) is 1. The van der Waals surface area contributed by atoms with Crippen molar-refractivity contribution in [3.05, 3.63) is 66.7 Å². The minimum atomic E-state index is -4.52. The maximum Gasteiger partial charge on any atom is 0.416 e. The lowest BCUT2D eigenvalue weighted by atomic mass is 10.2. The molecule has 0 unspecified atom stereocenters. The van der Waals surface area contributed by atoms with Crippen LogP contribution >= 0.6 is 0 Å². The van der Waals surface area contributed by atoms with Crippen LogP contribution in [-0.2, 0) is 16.2 Å². The molecule has 0 aliphatic heterocycles. The van der Waals surface area contributed by atoms with Crippen molar-refractivity contribution in [2.45, 2.75) is 23.9 Å². The lowest BCUT2D eigenvalue weighted by Gasteiger charge is -2.20. The molecule has 2 aromatic carbocycles. The Morgan fingerprint density at radius 3 is 2.16 bits per heavy atom.